The maximum absolute atomic E-state index is 13.2. The van der Waals surface area contributed by atoms with Crippen LogP contribution in [0.25, 0.3) is 79.3 Å². The van der Waals surface area contributed by atoms with Crippen molar-refractivity contribution in [2.75, 3.05) is 21.2 Å². The Labute approximate surface area is 784 Å². The van der Waals surface area contributed by atoms with Gasteiger partial charge in [-0.05, 0) is 158 Å². The minimum absolute atomic E-state index is 0. The third-order valence-electron chi connectivity index (χ3n) is 14.4. The van der Waals surface area contributed by atoms with Crippen molar-refractivity contribution in [3.05, 3.63) is 367 Å². The number of halogens is 9. The molecule has 16 rings (SSSR count). The number of alkyl halides is 3. The SMILES string of the molecule is CC(=O)C=C(C)O.CON=Cc1cc(C)n[n-]1.Cc1cc(-c2ccccn2)[n-]n1.Cc1cc(-c2ccccn2)[n-]n1.Cc1cc(CN(C)C)[n-]n1.FC(F)(F)c1cc(-c2ccccn2)[n-]n1.Fc1c[c-]c(-c2ccccn2)c(F)c1.Fc1c[c-]c(-c2ccccn2)c(F)c1.Fc1c[c-]c(-c2ccccn2)c(F)c1.[Ir+3].[Ir].[Ir].[Pt+2].[Pt].c1ccc(-c2ccccn2)nc1. The van der Waals surface area contributed by atoms with Gasteiger partial charge in [-0.25, -0.2) is 0 Å². The molecule has 658 valence electrons. The predicted octanol–water partition coefficient (Wildman–Crippen LogP) is 17.3. The third kappa shape index (κ3) is 41.1. The van der Waals surface area contributed by atoms with Crippen molar-refractivity contribution in [2.24, 2.45) is 5.16 Å². The van der Waals surface area contributed by atoms with Crippen LogP contribution >= 0.6 is 0 Å². The first kappa shape index (κ1) is 109. The summed E-state index contributed by atoms with van der Waals surface area (Å²) in [5.41, 5.74) is 12.2. The van der Waals surface area contributed by atoms with Crippen LogP contribution in [0.4, 0.5) is 39.5 Å². The molecular formula is C88H75F9Ir3N20O3Pt2-3. The first-order valence-electron chi connectivity index (χ1n) is 35.7. The maximum atomic E-state index is 13.2. The molecule has 0 aliphatic carbocycles. The van der Waals surface area contributed by atoms with Crippen molar-refractivity contribution in [2.45, 2.75) is 54.3 Å². The second kappa shape index (κ2) is 59.1. The van der Waals surface area contributed by atoms with Crippen LogP contribution in [-0.2, 0) is 125 Å². The van der Waals surface area contributed by atoms with Gasteiger partial charge < -0.3 is 80.8 Å². The van der Waals surface area contributed by atoms with Crippen LogP contribution in [0.1, 0.15) is 53.7 Å². The number of carbonyl (C=O) groups is 1. The van der Waals surface area contributed by atoms with Gasteiger partial charge in [0.15, 0.2) is 5.78 Å². The van der Waals surface area contributed by atoms with Crippen LogP contribution in [-0.4, -0.2) is 109 Å². The number of benzene rings is 3. The van der Waals surface area contributed by atoms with Crippen molar-refractivity contribution >= 4 is 12.0 Å². The average molecular weight is 2600 g/mol. The summed E-state index contributed by atoms with van der Waals surface area (Å²) >= 11 is 0. The minimum Gasteiger partial charge on any atom is -0.578 e. The normalized spacial score (nSPS) is 10.0. The Bertz CT molecular complexity index is 5390. The molecule has 0 unspecified atom stereocenters. The molecule has 0 bridgehead atoms. The Balaban J connectivity index is 0.000000471. The van der Waals surface area contributed by atoms with E-state index in [-0.39, 0.29) is 136 Å². The summed E-state index contributed by atoms with van der Waals surface area (Å²) < 4.78 is 114. The van der Waals surface area contributed by atoms with Gasteiger partial charge in [-0.15, -0.1) is 42.1 Å². The summed E-state index contributed by atoms with van der Waals surface area (Å²) in [7, 11) is 5.52. The number of carbonyl (C=O) groups excluding carboxylic acids is 1. The topological polar surface area (TPSA) is 300 Å². The van der Waals surface area contributed by atoms with Gasteiger partial charge in [-0.1, -0.05) is 154 Å². The van der Waals surface area contributed by atoms with Crippen molar-refractivity contribution in [1.29, 1.82) is 0 Å². The minimum atomic E-state index is -4.46. The molecule has 0 atom stereocenters. The molecular weight excluding hydrogens is 2520 g/mol. The molecule has 0 spiro atoms. The molecule has 23 nitrogen and oxygen atoms in total. The van der Waals surface area contributed by atoms with Crippen molar-refractivity contribution in [1.82, 2.24) is 95.8 Å². The summed E-state index contributed by atoms with van der Waals surface area (Å²) in [6.07, 6.45) is 11.4. The monoisotopic (exact) mass is 2600 g/mol. The van der Waals surface area contributed by atoms with E-state index in [1.165, 1.54) is 39.4 Å². The Morgan fingerprint density at radius 2 is 0.736 bits per heavy atom. The van der Waals surface area contributed by atoms with E-state index in [1.807, 2.05) is 139 Å². The van der Waals surface area contributed by atoms with Gasteiger partial charge in [-0.3, -0.25) is 56.1 Å². The van der Waals surface area contributed by atoms with Gasteiger partial charge in [-0.2, -0.15) is 13.2 Å². The van der Waals surface area contributed by atoms with Crippen molar-refractivity contribution in [3.63, 3.8) is 0 Å². The second-order valence-corrected chi connectivity index (χ2v) is 24.6. The van der Waals surface area contributed by atoms with Gasteiger partial charge >= 0.3 is 47.3 Å². The zero-order valence-corrected chi connectivity index (χ0v) is 79.2. The summed E-state index contributed by atoms with van der Waals surface area (Å²) in [4.78, 5) is 49.0. The Morgan fingerprint density at radius 1 is 0.440 bits per heavy atom. The fourth-order valence-corrected chi connectivity index (χ4v) is 9.33. The van der Waals surface area contributed by atoms with E-state index in [9.17, 15) is 44.3 Å². The molecule has 125 heavy (non-hydrogen) atoms. The van der Waals surface area contributed by atoms with E-state index in [2.05, 4.69) is 124 Å². The summed E-state index contributed by atoms with van der Waals surface area (Å²) in [5.74, 6) is -3.92. The van der Waals surface area contributed by atoms with Gasteiger partial charge in [0.2, 0.25) is 0 Å². The number of aliphatic hydroxyl groups excluding tert-OH is 1. The van der Waals surface area contributed by atoms with Gasteiger partial charge in [0.25, 0.3) is 0 Å². The van der Waals surface area contributed by atoms with E-state index in [4.69, 9.17) is 5.11 Å². The number of pyridine rings is 8. The number of oxime groups is 1. The van der Waals surface area contributed by atoms with Crippen LogP contribution in [0.5, 0.6) is 0 Å². The summed E-state index contributed by atoms with van der Waals surface area (Å²) in [6.45, 7) is 11.4. The van der Waals surface area contributed by atoms with E-state index >= 15 is 0 Å². The molecule has 0 fully saturated rings. The van der Waals surface area contributed by atoms with E-state index in [0.717, 1.165) is 117 Å². The van der Waals surface area contributed by atoms with Gasteiger partial charge in [0.1, 0.15) is 12.8 Å². The first-order valence-corrected chi connectivity index (χ1v) is 35.7. The molecule has 0 saturated carbocycles. The third-order valence-corrected chi connectivity index (χ3v) is 14.4. The zero-order chi connectivity index (χ0) is 86.6. The van der Waals surface area contributed by atoms with E-state index < -0.39 is 46.8 Å². The number of allylic oxidation sites excluding steroid dienone is 2. The summed E-state index contributed by atoms with van der Waals surface area (Å²) in [6, 6.07) is 65.1. The van der Waals surface area contributed by atoms with Crippen LogP contribution in [0.2, 0.25) is 0 Å². The molecule has 13 aromatic heterocycles. The quantitative estimate of drug-likeness (QED) is 0.0297. The van der Waals surface area contributed by atoms with Crippen LogP contribution in [0.15, 0.2) is 279 Å². The standard InChI is InChI=1S/3C11H6F2N.C10H8N2.C9H5F3N3.2C9H8N3.C7H12N3.C6H8N3O.C5H8O2.3Ir.2Pt/c3*12-8-4-5-9(10(13)7-8)11-3-1-2-6-14-11;1-3-7-11-9(5-1)10-6-2-4-8-12-10;10-9(11,12)8-5-7(14-15-8)6-3-1-2-4-13-6;2*1-7-6-9(12-11-7)8-4-2-3-5-10-8;1-6-4-7(9-8-6)5-10(2)3;1-5-3-6(9-8-5)4-7-10-2;1-4(6)3-5(2)7;;;;;/h3*1-4,6-7H;1-8H;1-5H;2*2-6H,1H3;4H,5H2,1-3H3;3-4H,1-2H3;3,6H,1-2H3;;;;;/q3*-1;;5*-1;;;;+3;;+2. The fourth-order valence-electron chi connectivity index (χ4n) is 9.33. The maximum Gasteiger partial charge on any atom is 3.00 e. The largest absolute Gasteiger partial charge is 3.00 e. The molecule has 0 saturated heterocycles. The molecule has 37 heteroatoms. The molecule has 3 aromatic carbocycles. The number of aliphatic hydroxyl groups is 1. The predicted molar refractivity (Wildman–Crippen MR) is 433 cm³/mol. The number of rotatable bonds is 12. The molecule has 16 aromatic rings. The van der Waals surface area contributed by atoms with E-state index in [1.54, 1.807) is 116 Å². The molecule has 0 aliphatic heterocycles. The molecule has 2 radical (unpaired) electrons. The van der Waals surface area contributed by atoms with Gasteiger partial charge in [0.05, 0.1) is 23.4 Å². The number of ketones is 1. The Hall–Kier alpha value is -11.8. The smallest absolute Gasteiger partial charge is 0.578 e. The molecule has 0 amide bonds. The summed E-state index contributed by atoms with van der Waals surface area (Å²) in [5, 5.41) is 49.5. The number of hydrogen-bond donors (Lipinski definition) is 1. The van der Waals surface area contributed by atoms with Crippen LogP contribution in [0.3, 0.4) is 0 Å². The Morgan fingerprint density at radius 3 is 0.968 bits per heavy atom. The second-order valence-electron chi connectivity index (χ2n) is 24.6. The molecule has 13 heterocycles. The molecule has 1 N–H and O–H groups in total. The zero-order valence-electron chi connectivity index (χ0n) is 67.4. The number of aryl methyl sites for hydroxylation is 4. The van der Waals surface area contributed by atoms with Crippen molar-refractivity contribution < 1.29 is 157 Å². The van der Waals surface area contributed by atoms with Crippen molar-refractivity contribution in [3.8, 4) is 79.3 Å². The average Bonchev–Trinajstić information content (AvgIpc) is 1.71. The van der Waals surface area contributed by atoms with Gasteiger partial charge in [0, 0.05) is 198 Å². The number of hydrogen-bond acceptors (Lipinski definition) is 18. The van der Waals surface area contributed by atoms with Crippen LogP contribution in [0, 0.1) is 80.8 Å². The van der Waals surface area contributed by atoms with Crippen LogP contribution < -0.4 is 25.5 Å². The first-order chi connectivity index (χ1) is 57.7. The Kier molecular flexibility index (Phi) is 51.7. The number of nitrogens with zero attached hydrogens (tertiary/aromatic N) is 20. The molecule has 0 aliphatic rings. The number of aromatic nitrogens is 18. The fraction of sp³-hybridized carbons (Fsp3) is 0.125. The van der Waals surface area contributed by atoms with E-state index in [0.29, 0.717) is 22.8 Å².